The van der Waals surface area contributed by atoms with Crippen LogP contribution in [0.5, 0.6) is 0 Å². The quantitative estimate of drug-likeness (QED) is 0.818. The number of hydrogen-bond acceptors (Lipinski definition) is 2. The summed E-state index contributed by atoms with van der Waals surface area (Å²) in [5, 5.41) is 4.53. The fraction of sp³-hybridized carbons (Fsp3) is 0.0909. The Morgan fingerprint density at radius 1 is 1.18 bits per heavy atom. The maximum Gasteiger partial charge on any atom is 0.182 e. The maximum atomic E-state index is 13.3. The molecule has 0 unspecified atom stereocenters. The molecule has 0 amide bonds. The van der Waals surface area contributed by atoms with E-state index in [1.807, 2.05) is 11.4 Å². The summed E-state index contributed by atoms with van der Waals surface area (Å²) in [5.41, 5.74) is -0.174. The summed E-state index contributed by atoms with van der Waals surface area (Å²) in [6, 6.07) is 3.30. The van der Waals surface area contributed by atoms with E-state index in [4.69, 9.17) is 0 Å². The van der Waals surface area contributed by atoms with Crippen LogP contribution in [0.3, 0.4) is 0 Å². The van der Waals surface area contributed by atoms with Crippen molar-refractivity contribution in [1.29, 1.82) is 0 Å². The number of rotatable bonds is 3. The molecule has 0 saturated heterocycles. The van der Waals surface area contributed by atoms with Gasteiger partial charge < -0.3 is 5.32 Å². The lowest BCUT2D eigenvalue weighted by molar-refractivity contribution is 0.497. The van der Waals surface area contributed by atoms with E-state index in [2.05, 4.69) is 21.2 Å². The molecule has 1 aromatic carbocycles. The van der Waals surface area contributed by atoms with Gasteiger partial charge >= 0.3 is 0 Å². The second-order valence-electron chi connectivity index (χ2n) is 3.33. The van der Waals surface area contributed by atoms with Crippen molar-refractivity contribution in [2.75, 3.05) is 5.32 Å². The zero-order valence-corrected chi connectivity index (χ0v) is 10.8. The van der Waals surface area contributed by atoms with E-state index in [0.717, 1.165) is 15.4 Å². The number of benzene rings is 1. The van der Waals surface area contributed by atoms with E-state index in [9.17, 15) is 13.2 Å². The zero-order valence-electron chi connectivity index (χ0n) is 8.44. The van der Waals surface area contributed by atoms with Crippen LogP contribution >= 0.6 is 27.3 Å². The second-order valence-corrected chi connectivity index (χ2v) is 5.25. The molecule has 2 rings (SSSR count). The molecular weight excluding hydrogens is 315 g/mol. The van der Waals surface area contributed by atoms with Crippen LogP contribution in [0.2, 0.25) is 0 Å². The fourth-order valence-electron chi connectivity index (χ4n) is 1.31. The van der Waals surface area contributed by atoms with Crippen molar-refractivity contribution in [2.24, 2.45) is 0 Å². The van der Waals surface area contributed by atoms with Crippen LogP contribution in [0, 0.1) is 17.5 Å². The van der Waals surface area contributed by atoms with Gasteiger partial charge in [0, 0.05) is 33.4 Å². The monoisotopic (exact) mass is 321 g/mol. The molecule has 2 aromatic rings. The standard InChI is InChI=1S/C11H7BrF3NS/c12-6-1-8(17-5-6)4-16-10-3-7(13)2-9(14)11(10)15/h1-3,5,16H,4H2. The predicted octanol–water partition coefficient (Wildman–Crippen LogP) is 4.54. The average molecular weight is 322 g/mol. The third-order valence-electron chi connectivity index (χ3n) is 2.07. The average Bonchev–Trinajstić information content (AvgIpc) is 2.67. The molecule has 1 aromatic heterocycles. The first kappa shape index (κ1) is 12.4. The highest BCUT2D eigenvalue weighted by Crippen LogP contribution is 2.23. The van der Waals surface area contributed by atoms with Gasteiger partial charge in [-0.25, -0.2) is 13.2 Å². The highest BCUT2D eigenvalue weighted by atomic mass is 79.9. The van der Waals surface area contributed by atoms with Gasteiger partial charge in [-0.3, -0.25) is 0 Å². The van der Waals surface area contributed by atoms with Crippen LogP contribution in [0.1, 0.15) is 4.88 Å². The Hall–Kier alpha value is -1.01. The van der Waals surface area contributed by atoms with E-state index in [-0.39, 0.29) is 5.69 Å². The maximum absolute atomic E-state index is 13.3. The predicted molar refractivity (Wildman–Crippen MR) is 65.7 cm³/mol. The van der Waals surface area contributed by atoms with Crippen molar-refractivity contribution in [3.63, 3.8) is 0 Å². The van der Waals surface area contributed by atoms with Gasteiger partial charge in [0.25, 0.3) is 0 Å². The highest BCUT2D eigenvalue weighted by Gasteiger charge is 2.10. The van der Waals surface area contributed by atoms with Crippen molar-refractivity contribution in [1.82, 2.24) is 0 Å². The SMILES string of the molecule is Fc1cc(F)c(F)c(NCc2cc(Br)cs2)c1. The number of thiophene rings is 1. The molecule has 0 aliphatic rings. The molecule has 17 heavy (non-hydrogen) atoms. The molecule has 0 bridgehead atoms. The Morgan fingerprint density at radius 3 is 2.59 bits per heavy atom. The molecule has 0 aliphatic heterocycles. The zero-order chi connectivity index (χ0) is 12.4. The van der Waals surface area contributed by atoms with Gasteiger partial charge in [0.05, 0.1) is 5.69 Å². The van der Waals surface area contributed by atoms with Crippen molar-refractivity contribution in [2.45, 2.75) is 6.54 Å². The van der Waals surface area contributed by atoms with Crippen molar-refractivity contribution in [3.05, 3.63) is 50.4 Å². The summed E-state index contributed by atoms with van der Waals surface area (Å²) in [7, 11) is 0. The van der Waals surface area contributed by atoms with E-state index in [1.54, 1.807) is 0 Å². The first-order chi connectivity index (χ1) is 8.06. The first-order valence-corrected chi connectivity index (χ1v) is 6.35. The summed E-state index contributed by atoms with van der Waals surface area (Å²) in [5.74, 6) is -3.07. The molecule has 0 saturated carbocycles. The minimum Gasteiger partial charge on any atom is -0.378 e. The van der Waals surface area contributed by atoms with E-state index >= 15 is 0 Å². The van der Waals surface area contributed by atoms with E-state index in [0.29, 0.717) is 12.6 Å². The molecule has 0 spiro atoms. The van der Waals surface area contributed by atoms with Gasteiger partial charge in [-0.05, 0) is 22.0 Å². The highest BCUT2D eigenvalue weighted by molar-refractivity contribution is 9.10. The van der Waals surface area contributed by atoms with Gasteiger partial charge in [0.15, 0.2) is 11.6 Å². The number of anilines is 1. The normalized spacial score (nSPS) is 10.6. The van der Waals surface area contributed by atoms with Gasteiger partial charge in [0.2, 0.25) is 0 Å². The molecular formula is C11H7BrF3NS. The number of nitrogens with one attached hydrogen (secondary N) is 1. The third kappa shape index (κ3) is 3.01. The van der Waals surface area contributed by atoms with Crippen molar-refractivity contribution >= 4 is 33.0 Å². The molecule has 6 heteroatoms. The Bertz CT molecular complexity index is 542. The lowest BCUT2D eigenvalue weighted by Crippen LogP contribution is -2.02. The van der Waals surface area contributed by atoms with Crippen LogP contribution in [-0.2, 0) is 6.54 Å². The molecule has 0 radical (unpaired) electrons. The lowest BCUT2D eigenvalue weighted by Gasteiger charge is -2.06. The lowest BCUT2D eigenvalue weighted by atomic mass is 10.2. The smallest absolute Gasteiger partial charge is 0.182 e. The second kappa shape index (κ2) is 5.10. The van der Waals surface area contributed by atoms with Crippen molar-refractivity contribution < 1.29 is 13.2 Å². The minimum absolute atomic E-state index is 0.174. The van der Waals surface area contributed by atoms with Crippen LogP contribution < -0.4 is 5.32 Å². The van der Waals surface area contributed by atoms with E-state index < -0.39 is 17.5 Å². The Labute approximate surface area is 108 Å². The Morgan fingerprint density at radius 2 is 1.94 bits per heavy atom. The fourth-order valence-corrected chi connectivity index (χ4v) is 2.70. The van der Waals surface area contributed by atoms with Gasteiger partial charge in [-0.15, -0.1) is 11.3 Å². The summed E-state index contributed by atoms with van der Waals surface area (Å²) >= 11 is 4.75. The number of hydrogen-bond donors (Lipinski definition) is 1. The first-order valence-electron chi connectivity index (χ1n) is 4.67. The summed E-state index contributed by atoms with van der Waals surface area (Å²) in [6.07, 6.45) is 0. The molecule has 0 aliphatic carbocycles. The molecule has 1 N–H and O–H groups in total. The molecule has 1 heterocycles. The van der Waals surface area contributed by atoms with Crippen LogP contribution in [-0.4, -0.2) is 0 Å². The van der Waals surface area contributed by atoms with Gasteiger partial charge in [0.1, 0.15) is 5.82 Å². The van der Waals surface area contributed by atoms with Crippen molar-refractivity contribution in [3.8, 4) is 0 Å². The molecule has 90 valence electrons. The summed E-state index contributed by atoms with van der Waals surface area (Å²) in [6.45, 7) is 0.316. The number of halogens is 4. The largest absolute Gasteiger partial charge is 0.378 e. The third-order valence-corrected chi connectivity index (χ3v) is 3.77. The molecule has 0 fully saturated rings. The van der Waals surface area contributed by atoms with Crippen LogP contribution in [0.25, 0.3) is 0 Å². The summed E-state index contributed by atoms with van der Waals surface area (Å²) in [4.78, 5) is 0.931. The summed E-state index contributed by atoms with van der Waals surface area (Å²) < 4.78 is 40.0. The topological polar surface area (TPSA) is 12.0 Å². The van der Waals surface area contributed by atoms with Crippen LogP contribution in [0.15, 0.2) is 28.1 Å². The Balaban J connectivity index is 2.14. The minimum atomic E-state index is -1.19. The van der Waals surface area contributed by atoms with E-state index in [1.165, 1.54) is 11.3 Å². The molecule has 0 atom stereocenters. The van der Waals surface area contributed by atoms with Gasteiger partial charge in [-0.1, -0.05) is 0 Å². The Kier molecular flexibility index (Phi) is 3.73. The van der Waals surface area contributed by atoms with Crippen LogP contribution in [0.4, 0.5) is 18.9 Å². The molecule has 1 nitrogen and oxygen atoms in total. The van der Waals surface area contributed by atoms with Gasteiger partial charge in [-0.2, -0.15) is 0 Å².